The molecule has 0 amide bonds. The number of carbonyl (C=O) groups excluding carboxylic acids is 2. The fourth-order valence-corrected chi connectivity index (χ4v) is 1.46. The van der Waals surface area contributed by atoms with Gasteiger partial charge in [0, 0.05) is 0 Å². The second kappa shape index (κ2) is 7.65. The van der Waals surface area contributed by atoms with Gasteiger partial charge in [-0.2, -0.15) is 0 Å². The summed E-state index contributed by atoms with van der Waals surface area (Å²) in [6.45, 7) is 10.6. The molecule has 0 aromatic carbocycles. The maximum atomic E-state index is 11.9. The Morgan fingerprint density at radius 3 is 1.59 bits per heavy atom. The van der Waals surface area contributed by atoms with E-state index in [1.165, 1.54) is 12.2 Å². The molecule has 4 nitrogen and oxygen atoms in total. The smallest absolute Gasteiger partial charge is 0.323 e. The first-order valence-electron chi connectivity index (χ1n) is 5.65. The maximum Gasteiger partial charge on any atom is 0.323 e. The Labute approximate surface area is 102 Å². The summed E-state index contributed by atoms with van der Waals surface area (Å²) in [6, 6.07) is 0. The van der Waals surface area contributed by atoms with Gasteiger partial charge in [-0.25, -0.2) is 0 Å². The van der Waals surface area contributed by atoms with Crippen molar-refractivity contribution in [1.29, 1.82) is 0 Å². The van der Waals surface area contributed by atoms with E-state index >= 15 is 0 Å². The number of hydrogen-bond donors (Lipinski definition) is 0. The summed E-state index contributed by atoms with van der Waals surface area (Å²) in [6.07, 6.45) is 3.61. The lowest BCUT2D eigenvalue weighted by molar-refractivity contribution is -0.171. The summed E-state index contributed by atoms with van der Waals surface area (Å²) < 4.78 is 9.91. The van der Waals surface area contributed by atoms with Crippen molar-refractivity contribution in [3.8, 4) is 0 Å². The van der Waals surface area contributed by atoms with Gasteiger partial charge >= 0.3 is 11.9 Å². The molecule has 0 saturated carbocycles. The average Bonchev–Trinajstić information content (AvgIpc) is 2.35. The number of carbonyl (C=O) groups is 2. The van der Waals surface area contributed by atoms with Gasteiger partial charge < -0.3 is 9.47 Å². The molecule has 17 heavy (non-hydrogen) atoms. The van der Waals surface area contributed by atoms with Crippen LogP contribution in [-0.2, 0) is 19.1 Å². The minimum Gasteiger partial charge on any atom is -0.461 e. The highest BCUT2D eigenvalue weighted by Crippen LogP contribution is 2.30. The molecule has 0 spiro atoms. The van der Waals surface area contributed by atoms with Gasteiger partial charge in [-0.1, -0.05) is 39.2 Å². The molecular formula is C13H20O4. The van der Waals surface area contributed by atoms with Gasteiger partial charge in [-0.05, 0) is 12.8 Å². The molecule has 96 valence electrons. The standard InChI is InChI=1S/C13H20O4/c1-5-9-16-11(14)13(7-3,8-4)12(15)17-10-6-2/h5-6H,1-2,7-10H2,3-4H3. The van der Waals surface area contributed by atoms with Gasteiger partial charge in [-0.3, -0.25) is 9.59 Å². The van der Waals surface area contributed by atoms with E-state index < -0.39 is 17.4 Å². The monoisotopic (exact) mass is 240 g/mol. The molecule has 4 heteroatoms. The molecule has 0 saturated heterocycles. The first-order chi connectivity index (χ1) is 8.08. The summed E-state index contributed by atoms with van der Waals surface area (Å²) in [4.78, 5) is 23.8. The van der Waals surface area contributed by atoms with Crippen LogP contribution in [0.1, 0.15) is 26.7 Å². The summed E-state index contributed by atoms with van der Waals surface area (Å²) >= 11 is 0. The third-order valence-corrected chi connectivity index (χ3v) is 2.65. The van der Waals surface area contributed by atoms with Gasteiger partial charge in [0.2, 0.25) is 0 Å². The lowest BCUT2D eigenvalue weighted by Crippen LogP contribution is -2.41. The van der Waals surface area contributed by atoms with Crippen LogP contribution in [0.3, 0.4) is 0 Å². The summed E-state index contributed by atoms with van der Waals surface area (Å²) in [5, 5.41) is 0. The second-order valence-electron chi connectivity index (χ2n) is 3.56. The van der Waals surface area contributed by atoms with Crippen molar-refractivity contribution in [3.63, 3.8) is 0 Å². The topological polar surface area (TPSA) is 52.6 Å². The van der Waals surface area contributed by atoms with Crippen LogP contribution in [0, 0.1) is 5.41 Å². The van der Waals surface area contributed by atoms with Crippen LogP contribution in [0.2, 0.25) is 0 Å². The number of hydrogen-bond acceptors (Lipinski definition) is 4. The third kappa shape index (κ3) is 3.73. The molecule has 0 rings (SSSR count). The first-order valence-corrected chi connectivity index (χ1v) is 5.65. The summed E-state index contributed by atoms with van der Waals surface area (Å²) in [7, 11) is 0. The largest absolute Gasteiger partial charge is 0.461 e. The predicted molar refractivity (Wildman–Crippen MR) is 65.3 cm³/mol. The molecular weight excluding hydrogens is 220 g/mol. The molecule has 0 aliphatic rings. The highest BCUT2D eigenvalue weighted by atomic mass is 16.6. The molecule has 0 aliphatic heterocycles. The fraction of sp³-hybridized carbons (Fsp3) is 0.538. The minimum absolute atomic E-state index is 0.0926. The summed E-state index contributed by atoms with van der Waals surface area (Å²) in [5.41, 5.74) is -1.22. The lowest BCUT2D eigenvalue weighted by atomic mass is 9.82. The van der Waals surface area contributed by atoms with Crippen LogP contribution in [0.25, 0.3) is 0 Å². The Balaban J connectivity index is 4.86. The van der Waals surface area contributed by atoms with E-state index in [-0.39, 0.29) is 13.2 Å². The zero-order valence-corrected chi connectivity index (χ0v) is 10.5. The minimum atomic E-state index is -1.22. The molecule has 0 atom stereocenters. The summed E-state index contributed by atoms with van der Waals surface area (Å²) in [5.74, 6) is -1.12. The normalized spacial score (nSPS) is 10.5. The Morgan fingerprint density at radius 2 is 1.35 bits per heavy atom. The number of ether oxygens (including phenoxy) is 2. The molecule has 0 bridgehead atoms. The molecule has 0 fully saturated rings. The molecule has 0 aliphatic carbocycles. The van der Waals surface area contributed by atoms with Gasteiger partial charge in [-0.15, -0.1) is 0 Å². The fourth-order valence-electron chi connectivity index (χ4n) is 1.46. The van der Waals surface area contributed by atoms with Crippen LogP contribution in [0.4, 0.5) is 0 Å². The van der Waals surface area contributed by atoms with Crippen LogP contribution in [-0.4, -0.2) is 25.2 Å². The van der Waals surface area contributed by atoms with Gasteiger partial charge in [0.15, 0.2) is 5.41 Å². The molecule has 0 unspecified atom stereocenters. The van der Waals surface area contributed by atoms with E-state index in [1.54, 1.807) is 13.8 Å². The van der Waals surface area contributed by atoms with Crippen LogP contribution in [0.5, 0.6) is 0 Å². The number of rotatable bonds is 8. The van der Waals surface area contributed by atoms with Crippen molar-refractivity contribution >= 4 is 11.9 Å². The average molecular weight is 240 g/mol. The van der Waals surface area contributed by atoms with Gasteiger partial charge in [0.05, 0.1) is 0 Å². The molecule has 0 aromatic rings. The zero-order valence-electron chi connectivity index (χ0n) is 10.5. The SMILES string of the molecule is C=CCOC(=O)C(CC)(CC)C(=O)OCC=C. The van der Waals surface area contributed by atoms with E-state index in [2.05, 4.69) is 13.2 Å². The first kappa shape index (κ1) is 15.4. The van der Waals surface area contributed by atoms with Crippen LogP contribution >= 0.6 is 0 Å². The maximum absolute atomic E-state index is 11.9. The Bertz CT molecular complexity index is 264. The van der Waals surface area contributed by atoms with Crippen LogP contribution in [0.15, 0.2) is 25.3 Å². The zero-order chi connectivity index (χ0) is 13.3. The van der Waals surface area contributed by atoms with Gasteiger partial charge in [0.1, 0.15) is 13.2 Å². The Hall–Kier alpha value is -1.58. The van der Waals surface area contributed by atoms with Gasteiger partial charge in [0.25, 0.3) is 0 Å². The predicted octanol–water partition coefficient (Wildman–Crippen LogP) is 2.25. The molecule has 0 N–H and O–H groups in total. The van der Waals surface area contributed by atoms with E-state index in [4.69, 9.17) is 9.47 Å². The molecule has 0 radical (unpaired) electrons. The van der Waals surface area contributed by atoms with Crippen LogP contribution < -0.4 is 0 Å². The molecule has 0 aromatic heterocycles. The quantitative estimate of drug-likeness (QED) is 0.371. The second-order valence-corrected chi connectivity index (χ2v) is 3.56. The van der Waals surface area contributed by atoms with E-state index in [0.29, 0.717) is 12.8 Å². The van der Waals surface area contributed by atoms with E-state index in [9.17, 15) is 9.59 Å². The molecule has 0 heterocycles. The van der Waals surface area contributed by atoms with Crippen molar-refractivity contribution in [2.45, 2.75) is 26.7 Å². The number of esters is 2. The van der Waals surface area contributed by atoms with E-state index in [1.807, 2.05) is 0 Å². The Kier molecular flexibility index (Phi) is 6.94. The highest BCUT2D eigenvalue weighted by Gasteiger charge is 2.45. The van der Waals surface area contributed by atoms with Crippen molar-refractivity contribution in [3.05, 3.63) is 25.3 Å². The van der Waals surface area contributed by atoms with Crippen molar-refractivity contribution in [2.24, 2.45) is 5.41 Å². The van der Waals surface area contributed by atoms with Crippen molar-refractivity contribution in [2.75, 3.05) is 13.2 Å². The van der Waals surface area contributed by atoms with Crippen molar-refractivity contribution < 1.29 is 19.1 Å². The van der Waals surface area contributed by atoms with E-state index in [0.717, 1.165) is 0 Å². The highest BCUT2D eigenvalue weighted by molar-refractivity contribution is 6.00. The Morgan fingerprint density at radius 1 is 1.00 bits per heavy atom. The lowest BCUT2D eigenvalue weighted by Gasteiger charge is -2.26. The third-order valence-electron chi connectivity index (χ3n) is 2.65. The van der Waals surface area contributed by atoms with Crippen molar-refractivity contribution in [1.82, 2.24) is 0 Å².